The summed E-state index contributed by atoms with van der Waals surface area (Å²) in [7, 11) is 0. The molecule has 224 valence electrons. The summed E-state index contributed by atoms with van der Waals surface area (Å²) in [5.41, 5.74) is 11.2. The lowest BCUT2D eigenvalue weighted by molar-refractivity contribution is 0.904. The molecule has 40 heavy (non-hydrogen) atoms. The van der Waals surface area contributed by atoms with Crippen LogP contribution in [-0.4, -0.2) is 0 Å². The molecule has 0 rings (SSSR count). The van der Waals surface area contributed by atoms with Crippen molar-refractivity contribution in [1.29, 1.82) is 0 Å². The Labute approximate surface area is 251 Å². The first-order valence-corrected chi connectivity index (χ1v) is 15.4. The maximum Gasteiger partial charge on any atom is -0.0161 e. The second kappa shape index (κ2) is 26.6. The van der Waals surface area contributed by atoms with Crippen LogP contribution in [0.15, 0.2) is 119 Å². The smallest absolute Gasteiger partial charge is 0.0161 e. The van der Waals surface area contributed by atoms with Gasteiger partial charge in [0, 0.05) is 0 Å². The normalized spacial score (nSPS) is 12.8. The molecule has 0 heterocycles. The van der Waals surface area contributed by atoms with E-state index in [0.29, 0.717) is 0 Å². The van der Waals surface area contributed by atoms with E-state index in [-0.39, 0.29) is 0 Å². The quantitative estimate of drug-likeness (QED) is 0.112. The van der Waals surface area contributed by atoms with E-state index in [0.717, 1.165) is 37.7 Å². The standard InChI is InChI=1S/2C20H32/c2*1-7-18(4)12-9-14-20(6)16-10-15-19(5)13-8-11-17(2)3/h7,11-12,14-15H,1,8-10,13,16H2,2-6H3;7,11,14-15H,1,4,8-10,12-13,16H2,2-3,5-6H3/b18-12+,19-15+,20-14+;19-15+,20-14+. The van der Waals surface area contributed by atoms with Gasteiger partial charge in [-0.3, -0.25) is 0 Å². The highest BCUT2D eigenvalue weighted by molar-refractivity contribution is 5.16. The summed E-state index contributed by atoms with van der Waals surface area (Å²) in [6, 6.07) is 0. The van der Waals surface area contributed by atoms with Gasteiger partial charge >= 0.3 is 0 Å². The van der Waals surface area contributed by atoms with Crippen LogP contribution in [0, 0.1) is 0 Å². The van der Waals surface area contributed by atoms with Crippen LogP contribution in [0.25, 0.3) is 0 Å². The average molecular weight is 545 g/mol. The molecule has 0 nitrogen and oxygen atoms in total. The monoisotopic (exact) mass is 545 g/mol. The number of allylic oxidation sites excluding steroid dienone is 17. The Morgan fingerprint density at radius 3 is 1.12 bits per heavy atom. The third kappa shape index (κ3) is 29.9. The minimum absolute atomic E-state index is 1.02. The molecule has 0 saturated carbocycles. The van der Waals surface area contributed by atoms with Gasteiger partial charge in [-0.25, -0.2) is 0 Å². The van der Waals surface area contributed by atoms with Crippen LogP contribution in [-0.2, 0) is 0 Å². The Morgan fingerprint density at radius 2 is 0.775 bits per heavy atom. The first-order valence-electron chi connectivity index (χ1n) is 15.4. The molecule has 0 atom stereocenters. The van der Waals surface area contributed by atoms with E-state index < -0.39 is 0 Å². The van der Waals surface area contributed by atoms with E-state index in [1.54, 1.807) is 0 Å². The number of hydrogen-bond acceptors (Lipinski definition) is 0. The van der Waals surface area contributed by atoms with Gasteiger partial charge in [-0.05, 0) is 133 Å². The minimum atomic E-state index is 1.02. The average Bonchev–Trinajstić information content (AvgIpc) is 2.88. The van der Waals surface area contributed by atoms with Crippen molar-refractivity contribution in [2.24, 2.45) is 0 Å². The fourth-order valence-corrected chi connectivity index (χ4v) is 3.81. The van der Waals surface area contributed by atoms with Crippen molar-refractivity contribution < 1.29 is 0 Å². The van der Waals surface area contributed by atoms with E-state index in [9.17, 15) is 0 Å². The van der Waals surface area contributed by atoms with Crippen LogP contribution in [0.3, 0.4) is 0 Å². The summed E-state index contributed by atoms with van der Waals surface area (Å²) in [5.74, 6) is 0. The molecular formula is C40H64. The predicted octanol–water partition coefficient (Wildman–Crippen LogP) is 13.9. The molecule has 0 heteroatoms. The van der Waals surface area contributed by atoms with Crippen molar-refractivity contribution in [2.45, 2.75) is 133 Å². The summed E-state index contributed by atoms with van der Waals surface area (Å²) < 4.78 is 0. The number of rotatable bonds is 19. The third-order valence-corrected chi connectivity index (χ3v) is 6.72. The minimum Gasteiger partial charge on any atom is -0.0988 e. The highest BCUT2D eigenvalue weighted by Gasteiger charge is 1.94. The SMILES string of the molecule is C=C/C(C)=C/C/C=C(\C)CC/C=C(\C)CCC=C(C)C.C=CC(=C)CC/C=C(\C)CC/C=C(\C)CCC=C(C)C. The van der Waals surface area contributed by atoms with Gasteiger partial charge in [0.15, 0.2) is 0 Å². The summed E-state index contributed by atoms with van der Waals surface area (Å²) >= 11 is 0. The Hall–Kier alpha value is -2.60. The van der Waals surface area contributed by atoms with E-state index >= 15 is 0 Å². The molecule has 0 bridgehead atoms. The molecule has 0 aromatic carbocycles. The maximum atomic E-state index is 3.93. The van der Waals surface area contributed by atoms with Crippen molar-refractivity contribution in [3.05, 3.63) is 119 Å². The first-order chi connectivity index (χ1) is 18.9. The summed E-state index contributed by atoms with van der Waals surface area (Å²) in [6.45, 7) is 31.1. The Morgan fingerprint density at radius 1 is 0.425 bits per heavy atom. The van der Waals surface area contributed by atoms with E-state index in [2.05, 4.69) is 125 Å². The molecular weight excluding hydrogens is 480 g/mol. The molecule has 0 aromatic heterocycles. The van der Waals surface area contributed by atoms with E-state index in [4.69, 9.17) is 0 Å². The highest BCUT2D eigenvalue weighted by atomic mass is 14.0. The van der Waals surface area contributed by atoms with Gasteiger partial charge in [0.2, 0.25) is 0 Å². The molecule has 0 aliphatic carbocycles. The van der Waals surface area contributed by atoms with Gasteiger partial charge in [-0.15, -0.1) is 0 Å². The van der Waals surface area contributed by atoms with Crippen molar-refractivity contribution >= 4 is 0 Å². The lowest BCUT2D eigenvalue weighted by Crippen LogP contribution is -1.81. The molecule has 0 fully saturated rings. The largest absolute Gasteiger partial charge is 0.0988 e. The van der Waals surface area contributed by atoms with Gasteiger partial charge in [0.1, 0.15) is 0 Å². The third-order valence-electron chi connectivity index (χ3n) is 6.72. The van der Waals surface area contributed by atoms with Crippen LogP contribution >= 0.6 is 0 Å². The molecule has 0 aliphatic rings. The van der Waals surface area contributed by atoms with Crippen molar-refractivity contribution in [3.8, 4) is 0 Å². The predicted molar refractivity (Wildman–Crippen MR) is 188 cm³/mol. The molecule has 0 amide bonds. The molecule has 0 radical (unpaired) electrons. The van der Waals surface area contributed by atoms with Gasteiger partial charge in [0.05, 0.1) is 0 Å². The molecule has 0 saturated heterocycles. The van der Waals surface area contributed by atoms with Crippen LogP contribution in [0.1, 0.15) is 133 Å². The summed E-state index contributed by atoms with van der Waals surface area (Å²) in [6.07, 6.45) is 32.5. The zero-order valence-corrected chi connectivity index (χ0v) is 28.1. The fourth-order valence-electron chi connectivity index (χ4n) is 3.81. The van der Waals surface area contributed by atoms with Gasteiger partial charge in [-0.2, -0.15) is 0 Å². The van der Waals surface area contributed by atoms with Crippen molar-refractivity contribution in [2.75, 3.05) is 0 Å². The second-order valence-corrected chi connectivity index (χ2v) is 11.7. The van der Waals surface area contributed by atoms with Gasteiger partial charge in [-0.1, -0.05) is 119 Å². The van der Waals surface area contributed by atoms with Crippen molar-refractivity contribution in [3.63, 3.8) is 0 Å². The Kier molecular flexibility index (Phi) is 26.3. The van der Waals surface area contributed by atoms with Crippen LogP contribution < -0.4 is 0 Å². The van der Waals surface area contributed by atoms with Crippen LogP contribution in [0.2, 0.25) is 0 Å². The Bertz CT molecular complexity index is 938. The van der Waals surface area contributed by atoms with Crippen LogP contribution in [0.4, 0.5) is 0 Å². The summed E-state index contributed by atoms with van der Waals surface area (Å²) in [4.78, 5) is 0. The molecule has 0 unspecified atom stereocenters. The van der Waals surface area contributed by atoms with Gasteiger partial charge < -0.3 is 0 Å². The molecule has 0 aromatic rings. The maximum absolute atomic E-state index is 3.93. The summed E-state index contributed by atoms with van der Waals surface area (Å²) in [5, 5.41) is 0. The topological polar surface area (TPSA) is 0 Å². The first kappa shape index (κ1) is 39.5. The molecule has 0 N–H and O–H groups in total. The lowest BCUT2D eigenvalue weighted by atomic mass is 10.0. The zero-order valence-electron chi connectivity index (χ0n) is 28.1. The Balaban J connectivity index is 0. The fraction of sp³-hybridized carbons (Fsp3) is 0.500. The highest BCUT2D eigenvalue weighted by Crippen LogP contribution is 2.14. The van der Waals surface area contributed by atoms with E-state index in [1.807, 2.05) is 12.2 Å². The zero-order chi connectivity index (χ0) is 30.8. The van der Waals surface area contributed by atoms with Crippen molar-refractivity contribution in [1.82, 2.24) is 0 Å². The van der Waals surface area contributed by atoms with Crippen LogP contribution in [0.5, 0.6) is 0 Å². The molecule has 0 spiro atoms. The second-order valence-electron chi connectivity index (χ2n) is 11.7. The molecule has 0 aliphatic heterocycles. The number of hydrogen-bond donors (Lipinski definition) is 0. The van der Waals surface area contributed by atoms with Gasteiger partial charge in [0.25, 0.3) is 0 Å². The van der Waals surface area contributed by atoms with E-state index in [1.165, 1.54) is 77.5 Å². The lowest BCUT2D eigenvalue weighted by Gasteiger charge is -2.02.